The second-order valence-electron chi connectivity index (χ2n) is 6.23. The number of hydrogen-bond donors (Lipinski definition) is 0. The van der Waals surface area contributed by atoms with Crippen LogP contribution in [-0.2, 0) is 38.0 Å². The van der Waals surface area contributed by atoms with Gasteiger partial charge < -0.3 is 28.4 Å². The van der Waals surface area contributed by atoms with E-state index in [-0.39, 0.29) is 51.0 Å². The molecule has 0 spiro atoms. The van der Waals surface area contributed by atoms with Crippen LogP contribution < -0.4 is 0 Å². The Morgan fingerprint density at radius 2 is 1.21 bits per heavy atom. The van der Waals surface area contributed by atoms with Gasteiger partial charge in [0.2, 0.25) is 0 Å². The third-order valence-electron chi connectivity index (χ3n) is 3.67. The molecule has 2 unspecified atom stereocenters. The Morgan fingerprint density at radius 3 is 1.66 bits per heavy atom. The third kappa shape index (κ3) is 15.1. The van der Waals surface area contributed by atoms with E-state index in [1.807, 2.05) is 27.7 Å². The van der Waals surface area contributed by atoms with E-state index < -0.39 is 11.9 Å². The average molecular weight is 419 g/mol. The zero-order chi connectivity index (χ0) is 21.9. The molecule has 0 aromatic heterocycles. The van der Waals surface area contributed by atoms with Crippen LogP contribution in [-0.4, -0.2) is 64.2 Å². The highest BCUT2D eigenvalue weighted by Gasteiger charge is 2.15. The Kier molecular flexibility index (Phi) is 17.6. The molecule has 0 rings (SSSR count). The molecule has 0 aliphatic heterocycles. The molecule has 0 amide bonds. The van der Waals surface area contributed by atoms with Crippen molar-refractivity contribution in [1.29, 1.82) is 0 Å². The zero-order valence-corrected chi connectivity index (χ0v) is 18.4. The van der Waals surface area contributed by atoms with Gasteiger partial charge in [-0.15, -0.1) is 0 Å². The quantitative estimate of drug-likeness (QED) is 0.136. The summed E-state index contributed by atoms with van der Waals surface area (Å²) in [5.74, 6) is -1.21. The number of carbonyl (C=O) groups excluding carboxylic acids is 2. The van der Waals surface area contributed by atoms with Crippen molar-refractivity contribution in [2.24, 2.45) is 0 Å². The average Bonchev–Trinajstić information content (AvgIpc) is 2.68. The number of ether oxygens (including phenoxy) is 6. The van der Waals surface area contributed by atoms with Crippen LogP contribution in [0, 0.1) is 0 Å². The minimum Gasteiger partial charge on any atom is -0.463 e. The third-order valence-corrected chi connectivity index (χ3v) is 3.67. The first-order valence-electron chi connectivity index (χ1n) is 10.4. The van der Waals surface area contributed by atoms with Crippen LogP contribution in [0.2, 0.25) is 0 Å². The fourth-order valence-corrected chi connectivity index (χ4v) is 2.32. The molecule has 8 nitrogen and oxygen atoms in total. The van der Waals surface area contributed by atoms with Gasteiger partial charge in [-0.05, 0) is 26.7 Å². The molecule has 2 atom stereocenters. The Balaban J connectivity index is 3.95. The van der Waals surface area contributed by atoms with Crippen molar-refractivity contribution >= 4 is 11.9 Å². The summed E-state index contributed by atoms with van der Waals surface area (Å²) in [6.07, 6.45) is 2.58. The molecule has 0 saturated heterocycles. The zero-order valence-electron chi connectivity index (χ0n) is 18.4. The molecule has 0 aromatic rings. The van der Waals surface area contributed by atoms with Crippen molar-refractivity contribution in [3.05, 3.63) is 12.2 Å². The van der Waals surface area contributed by atoms with Gasteiger partial charge in [0, 0.05) is 18.8 Å². The van der Waals surface area contributed by atoms with E-state index >= 15 is 0 Å². The van der Waals surface area contributed by atoms with Crippen LogP contribution in [0.1, 0.15) is 59.8 Å². The summed E-state index contributed by atoms with van der Waals surface area (Å²) in [4.78, 5) is 23.7. The first-order valence-corrected chi connectivity index (χ1v) is 10.4. The highest BCUT2D eigenvalue weighted by atomic mass is 16.7. The maximum atomic E-state index is 11.9. The van der Waals surface area contributed by atoms with Gasteiger partial charge in [0.05, 0.1) is 19.6 Å². The lowest BCUT2D eigenvalue weighted by molar-refractivity contribution is -0.163. The van der Waals surface area contributed by atoms with E-state index in [1.54, 1.807) is 0 Å². The van der Waals surface area contributed by atoms with Gasteiger partial charge in [0.25, 0.3) is 0 Å². The fourth-order valence-electron chi connectivity index (χ4n) is 2.32. The molecule has 0 bridgehead atoms. The molecule has 0 aliphatic carbocycles. The van der Waals surface area contributed by atoms with Gasteiger partial charge in [-0.25, -0.2) is 4.79 Å². The van der Waals surface area contributed by atoms with E-state index in [9.17, 15) is 9.59 Å². The first kappa shape index (κ1) is 27.5. The van der Waals surface area contributed by atoms with Gasteiger partial charge in [-0.2, -0.15) is 0 Å². The molecular weight excluding hydrogens is 380 g/mol. The molecule has 29 heavy (non-hydrogen) atoms. The molecule has 0 radical (unpaired) electrons. The summed E-state index contributed by atoms with van der Waals surface area (Å²) in [5.41, 5.74) is 0.0315. The van der Waals surface area contributed by atoms with E-state index in [0.717, 1.165) is 25.7 Å². The Hall–Kier alpha value is -1.48. The molecule has 0 saturated carbocycles. The van der Waals surface area contributed by atoms with Crippen molar-refractivity contribution in [2.45, 2.75) is 72.4 Å². The predicted molar refractivity (Wildman–Crippen MR) is 108 cm³/mol. The number of rotatable bonds is 19. The second kappa shape index (κ2) is 18.5. The minimum atomic E-state index is -0.649. The molecule has 0 heterocycles. The number of carbonyl (C=O) groups is 2. The van der Waals surface area contributed by atoms with E-state index in [2.05, 4.69) is 6.58 Å². The van der Waals surface area contributed by atoms with Crippen LogP contribution in [0.5, 0.6) is 0 Å². The minimum absolute atomic E-state index is 0.0315. The maximum absolute atomic E-state index is 11.9. The monoisotopic (exact) mass is 418 g/mol. The van der Waals surface area contributed by atoms with Crippen molar-refractivity contribution in [1.82, 2.24) is 0 Å². The highest BCUT2D eigenvalue weighted by Crippen LogP contribution is 2.07. The molecule has 0 aromatic carbocycles. The summed E-state index contributed by atoms with van der Waals surface area (Å²) >= 11 is 0. The van der Waals surface area contributed by atoms with Crippen molar-refractivity contribution in [2.75, 3.05) is 39.6 Å². The SMILES string of the molecule is C=C(CC(=O)OCCOC(CCC)OCC)C(=O)OCCOC(CCC)OCC. The van der Waals surface area contributed by atoms with Crippen molar-refractivity contribution in [3.63, 3.8) is 0 Å². The van der Waals surface area contributed by atoms with Gasteiger partial charge in [-0.1, -0.05) is 33.3 Å². The molecule has 170 valence electrons. The lowest BCUT2D eigenvalue weighted by Crippen LogP contribution is -2.22. The highest BCUT2D eigenvalue weighted by molar-refractivity contribution is 5.93. The summed E-state index contributed by atoms with van der Waals surface area (Å²) < 4.78 is 32.0. The van der Waals surface area contributed by atoms with Crippen molar-refractivity contribution in [3.8, 4) is 0 Å². The number of esters is 2. The summed E-state index contributed by atoms with van der Waals surface area (Å²) in [5, 5.41) is 0. The Bertz CT molecular complexity index is 440. The molecule has 0 N–H and O–H groups in total. The first-order chi connectivity index (χ1) is 14.0. The predicted octanol–water partition coefficient (Wildman–Crippen LogP) is 3.38. The van der Waals surface area contributed by atoms with Gasteiger partial charge >= 0.3 is 11.9 Å². The van der Waals surface area contributed by atoms with E-state index in [4.69, 9.17) is 28.4 Å². The van der Waals surface area contributed by atoms with Crippen LogP contribution >= 0.6 is 0 Å². The van der Waals surface area contributed by atoms with Gasteiger partial charge in [0.1, 0.15) is 13.2 Å². The summed E-state index contributed by atoms with van der Waals surface area (Å²) in [7, 11) is 0. The summed E-state index contributed by atoms with van der Waals surface area (Å²) in [6.45, 7) is 13.1. The molecule has 0 fully saturated rings. The lowest BCUT2D eigenvalue weighted by atomic mass is 10.2. The lowest BCUT2D eigenvalue weighted by Gasteiger charge is -2.17. The topological polar surface area (TPSA) is 89.5 Å². The molecule has 8 heteroatoms. The van der Waals surface area contributed by atoms with Gasteiger partial charge in [0.15, 0.2) is 12.6 Å². The van der Waals surface area contributed by atoms with Gasteiger partial charge in [-0.3, -0.25) is 4.79 Å². The second-order valence-corrected chi connectivity index (χ2v) is 6.23. The Labute approximate surface area is 174 Å². The smallest absolute Gasteiger partial charge is 0.334 e. The molecular formula is C21H38O8. The van der Waals surface area contributed by atoms with Crippen molar-refractivity contribution < 1.29 is 38.0 Å². The normalized spacial score (nSPS) is 13.0. The summed E-state index contributed by atoms with van der Waals surface area (Å²) in [6, 6.07) is 0. The fraction of sp³-hybridized carbons (Fsp3) is 0.810. The van der Waals surface area contributed by atoms with Crippen LogP contribution in [0.4, 0.5) is 0 Å². The van der Waals surface area contributed by atoms with Crippen LogP contribution in [0.15, 0.2) is 12.2 Å². The van der Waals surface area contributed by atoms with E-state index in [0.29, 0.717) is 13.2 Å². The largest absolute Gasteiger partial charge is 0.463 e. The standard InChI is InChI=1S/C21H38O8/c1-6-10-19(24-8-3)27-13-12-26-18(22)16-17(5)21(23)29-15-14-28-20(11-7-2)25-9-4/h19-20H,5-16H2,1-4H3. The van der Waals surface area contributed by atoms with Crippen LogP contribution in [0.3, 0.4) is 0 Å². The maximum Gasteiger partial charge on any atom is 0.334 e. The van der Waals surface area contributed by atoms with Crippen LogP contribution in [0.25, 0.3) is 0 Å². The number of hydrogen-bond acceptors (Lipinski definition) is 8. The Morgan fingerprint density at radius 1 is 0.724 bits per heavy atom. The molecule has 0 aliphatic rings. The van der Waals surface area contributed by atoms with E-state index in [1.165, 1.54) is 0 Å².